The van der Waals surface area contributed by atoms with Crippen LogP contribution in [0.2, 0.25) is 0 Å². The molecule has 0 spiro atoms. The van der Waals surface area contributed by atoms with Crippen molar-refractivity contribution < 1.29 is 18.3 Å². The molecule has 3 N–H and O–H groups in total. The molecule has 4 fully saturated rings. The van der Waals surface area contributed by atoms with E-state index in [1.165, 1.54) is 22.7 Å². The zero-order valence-corrected chi connectivity index (χ0v) is 22.4. The average molecular weight is 535 g/mol. The van der Waals surface area contributed by atoms with Crippen LogP contribution in [-0.4, -0.2) is 64.7 Å². The lowest BCUT2D eigenvalue weighted by Crippen LogP contribution is -2.84. The number of halogens is 2. The number of aromatic nitrogens is 1. The Bertz CT molecular complexity index is 1430. The van der Waals surface area contributed by atoms with Gasteiger partial charge in [-0.05, 0) is 68.4 Å². The molecule has 39 heavy (non-hydrogen) atoms. The van der Waals surface area contributed by atoms with E-state index in [-0.39, 0.29) is 42.0 Å². The fourth-order valence-corrected chi connectivity index (χ4v) is 8.36. The third-order valence-electron chi connectivity index (χ3n) is 10.0. The van der Waals surface area contributed by atoms with Gasteiger partial charge in [0.1, 0.15) is 17.7 Å². The second-order valence-electron chi connectivity index (χ2n) is 12.3. The molecule has 1 aromatic heterocycles. The highest BCUT2D eigenvalue weighted by atomic mass is 19.1. The predicted molar refractivity (Wildman–Crippen MR) is 146 cm³/mol. The highest BCUT2D eigenvalue weighted by Crippen LogP contribution is 2.78. The summed E-state index contributed by atoms with van der Waals surface area (Å²) in [5.41, 5.74) is 9.68. The Balaban J connectivity index is 1.17. The van der Waals surface area contributed by atoms with E-state index >= 15 is 4.39 Å². The monoisotopic (exact) mass is 534 g/mol. The van der Waals surface area contributed by atoms with Crippen LogP contribution >= 0.6 is 0 Å². The molecule has 8 heteroatoms. The van der Waals surface area contributed by atoms with Crippen molar-refractivity contribution in [1.29, 1.82) is 0 Å². The minimum Gasteiger partial charge on any atom is -0.489 e. The van der Waals surface area contributed by atoms with Crippen LogP contribution in [0.25, 0.3) is 10.9 Å². The van der Waals surface area contributed by atoms with Crippen molar-refractivity contribution in [2.24, 2.45) is 11.1 Å². The molecule has 0 radical (unpaired) electrons. The second-order valence-corrected chi connectivity index (χ2v) is 12.3. The van der Waals surface area contributed by atoms with Gasteiger partial charge < -0.3 is 15.5 Å². The highest BCUT2D eigenvalue weighted by Gasteiger charge is 2.80. The Morgan fingerprint density at radius 3 is 2.85 bits per heavy atom. The number of carbonyl (C=O) groups excluding carboxylic acids is 1. The van der Waals surface area contributed by atoms with E-state index in [1.54, 1.807) is 6.07 Å². The molecule has 2 bridgehead atoms. The van der Waals surface area contributed by atoms with Gasteiger partial charge in [0.2, 0.25) is 5.91 Å². The van der Waals surface area contributed by atoms with Gasteiger partial charge in [-0.1, -0.05) is 18.2 Å². The summed E-state index contributed by atoms with van der Waals surface area (Å²) in [7, 11) is 0. The molecule has 2 aromatic carbocycles. The number of benzene rings is 2. The Labute approximate surface area is 227 Å². The van der Waals surface area contributed by atoms with Gasteiger partial charge in [0.15, 0.2) is 0 Å². The average Bonchev–Trinajstić information content (AvgIpc) is 3.45. The first-order valence-electron chi connectivity index (χ1n) is 14.2. The number of hydrogen-bond acceptors (Lipinski definition) is 4. The molecule has 6 nitrogen and oxygen atoms in total. The molecule has 2 aliphatic heterocycles. The summed E-state index contributed by atoms with van der Waals surface area (Å²) < 4.78 is 33.9. The van der Waals surface area contributed by atoms with Gasteiger partial charge in [-0.2, -0.15) is 0 Å². The van der Waals surface area contributed by atoms with Crippen LogP contribution in [-0.2, 0) is 17.8 Å². The number of ether oxygens (including phenoxy) is 1. The van der Waals surface area contributed by atoms with E-state index in [1.807, 2.05) is 6.07 Å². The van der Waals surface area contributed by atoms with Gasteiger partial charge in [-0.25, -0.2) is 4.39 Å². The quantitative estimate of drug-likeness (QED) is 0.441. The summed E-state index contributed by atoms with van der Waals surface area (Å²) in [5, 5.41) is 1.28. The maximum Gasteiger partial charge on any atom is 0.224 e. The number of para-hydroxylation sites is 1. The first-order chi connectivity index (χ1) is 18.8. The van der Waals surface area contributed by atoms with E-state index in [2.05, 4.69) is 46.0 Å². The zero-order valence-electron chi connectivity index (χ0n) is 22.4. The van der Waals surface area contributed by atoms with E-state index in [4.69, 9.17) is 10.5 Å². The minimum absolute atomic E-state index is 0.0585. The fourth-order valence-electron chi connectivity index (χ4n) is 8.36. The number of likely N-dealkylation sites (tertiary alicyclic amines) is 1. The van der Waals surface area contributed by atoms with Gasteiger partial charge in [0.05, 0.1) is 12.1 Å². The van der Waals surface area contributed by atoms with E-state index in [0.29, 0.717) is 38.1 Å². The highest BCUT2D eigenvalue weighted by molar-refractivity contribution is 5.88. The number of nitrogens with two attached hydrogens (primary N) is 1. The molecular formula is C31H36F2N4O2. The SMILES string of the molecule is C[C@H]1Cc2c([nH]c3ccccc23)CN1C12CC(C(N)=O)(C1)C2c1cc(F)cc(O[C@H]2CCN(CCCF)C2)c1. The van der Waals surface area contributed by atoms with Crippen molar-refractivity contribution in [1.82, 2.24) is 14.8 Å². The molecule has 1 amide bonds. The van der Waals surface area contributed by atoms with Crippen LogP contribution in [0.4, 0.5) is 8.78 Å². The molecule has 5 aliphatic rings. The van der Waals surface area contributed by atoms with Crippen LogP contribution in [0.5, 0.6) is 5.75 Å². The van der Waals surface area contributed by atoms with Crippen molar-refractivity contribution in [2.75, 3.05) is 26.3 Å². The van der Waals surface area contributed by atoms with Crippen LogP contribution < -0.4 is 10.5 Å². The summed E-state index contributed by atoms with van der Waals surface area (Å²) in [6.07, 6.45) is 3.63. The van der Waals surface area contributed by atoms with Crippen LogP contribution in [0.1, 0.15) is 55.3 Å². The fraction of sp³-hybridized carbons (Fsp3) is 0.516. The number of nitrogens with one attached hydrogen (secondary N) is 1. The van der Waals surface area contributed by atoms with Crippen LogP contribution in [0.3, 0.4) is 0 Å². The summed E-state index contributed by atoms with van der Waals surface area (Å²) in [4.78, 5) is 21.1. The summed E-state index contributed by atoms with van der Waals surface area (Å²) >= 11 is 0. The van der Waals surface area contributed by atoms with E-state index in [0.717, 1.165) is 37.0 Å². The van der Waals surface area contributed by atoms with E-state index in [9.17, 15) is 9.18 Å². The number of nitrogens with zero attached hydrogens (tertiary/aromatic N) is 2. The van der Waals surface area contributed by atoms with Crippen molar-refractivity contribution in [3.63, 3.8) is 0 Å². The Morgan fingerprint density at radius 2 is 2.05 bits per heavy atom. The van der Waals surface area contributed by atoms with Gasteiger partial charge in [0.25, 0.3) is 0 Å². The number of alkyl halides is 1. The Kier molecular flexibility index (Phi) is 5.79. The molecule has 3 aromatic rings. The molecular weight excluding hydrogens is 498 g/mol. The number of fused-ring (bicyclic) bond motifs is 3. The Hall–Kier alpha value is -2.97. The molecule has 8 rings (SSSR count). The lowest BCUT2D eigenvalue weighted by Gasteiger charge is -2.79. The number of rotatable bonds is 8. The van der Waals surface area contributed by atoms with Crippen molar-refractivity contribution >= 4 is 16.8 Å². The largest absolute Gasteiger partial charge is 0.489 e. The lowest BCUT2D eigenvalue weighted by molar-refractivity contribution is -0.249. The molecule has 206 valence electrons. The smallest absolute Gasteiger partial charge is 0.224 e. The molecule has 1 saturated heterocycles. The first-order valence-corrected chi connectivity index (χ1v) is 14.2. The number of hydrogen-bond donors (Lipinski definition) is 2. The number of primary amides is 1. The molecule has 1 unspecified atom stereocenters. The van der Waals surface area contributed by atoms with Gasteiger partial charge in [-0.3, -0.25) is 19.0 Å². The van der Waals surface area contributed by atoms with Crippen LogP contribution in [0.15, 0.2) is 42.5 Å². The van der Waals surface area contributed by atoms with Gasteiger partial charge >= 0.3 is 0 Å². The molecule has 3 aliphatic carbocycles. The van der Waals surface area contributed by atoms with Crippen molar-refractivity contribution in [3.05, 3.63) is 65.1 Å². The summed E-state index contributed by atoms with van der Waals surface area (Å²) in [6, 6.07) is 13.6. The third kappa shape index (κ3) is 3.74. The lowest BCUT2D eigenvalue weighted by atomic mass is 9.30. The third-order valence-corrected chi connectivity index (χ3v) is 10.0. The molecule has 3 saturated carbocycles. The van der Waals surface area contributed by atoms with E-state index < -0.39 is 5.41 Å². The zero-order chi connectivity index (χ0) is 26.9. The number of aromatic amines is 1. The van der Waals surface area contributed by atoms with Crippen molar-refractivity contribution in [2.45, 2.75) is 69.2 Å². The normalized spacial score (nSPS) is 32.0. The van der Waals surface area contributed by atoms with Gasteiger partial charge in [0, 0.05) is 66.3 Å². The number of amides is 1. The predicted octanol–water partition coefficient (Wildman–Crippen LogP) is 4.67. The summed E-state index contributed by atoms with van der Waals surface area (Å²) in [6.45, 7) is 4.98. The minimum atomic E-state index is -0.637. The standard InChI is InChI=1S/C31H36F2N4O2/c1-19-11-25-24-5-2-3-6-26(24)35-27(25)16-37(19)31-17-30(18-31,29(34)38)28(31)20-12-21(33)14-23(13-20)39-22-7-10-36(15-22)9-4-8-32/h2-3,5-6,12-14,19,22,28,35H,4,7-11,15-18H2,1H3,(H2,34,38)/t19-,22-,28?,30?,31?/m0/s1. The molecule has 3 heterocycles. The topological polar surface area (TPSA) is 74.6 Å². The number of H-pyrrole nitrogens is 1. The maximum atomic E-state index is 15.0. The molecule has 3 atom stereocenters. The maximum absolute atomic E-state index is 15.0. The van der Waals surface area contributed by atoms with Crippen molar-refractivity contribution in [3.8, 4) is 5.75 Å². The summed E-state index contributed by atoms with van der Waals surface area (Å²) in [5.74, 6) is -0.330. The number of carbonyl (C=O) groups is 1. The van der Waals surface area contributed by atoms with Crippen LogP contribution in [0, 0.1) is 11.2 Å². The Morgan fingerprint density at radius 1 is 1.23 bits per heavy atom. The first kappa shape index (κ1) is 25.0. The second kappa shape index (κ2) is 9.03. The van der Waals surface area contributed by atoms with Gasteiger partial charge in [-0.15, -0.1) is 0 Å².